The van der Waals surface area contributed by atoms with E-state index in [4.69, 9.17) is 21.1 Å². The van der Waals surface area contributed by atoms with Gasteiger partial charge in [0.15, 0.2) is 0 Å². The van der Waals surface area contributed by atoms with Crippen molar-refractivity contribution in [3.05, 3.63) is 65.4 Å². The number of anilines is 1. The van der Waals surface area contributed by atoms with Crippen LogP contribution in [0, 0.1) is 0 Å². The molecule has 1 aromatic heterocycles. The van der Waals surface area contributed by atoms with Crippen LogP contribution in [0.3, 0.4) is 0 Å². The number of halogens is 1. The molecule has 0 amide bonds. The van der Waals surface area contributed by atoms with Crippen LogP contribution in [-0.4, -0.2) is 50.5 Å². The molecule has 0 bridgehead atoms. The normalized spacial score (nSPS) is 13.9. The highest BCUT2D eigenvalue weighted by Crippen LogP contribution is 2.27. The minimum Gasteiger partial charge on any atom is -0.488 e. The van der Waals surface area contributed by atoms with Crippen LogP contribution in [-0.2, 0) is 26.0 Å². The number of nitrogens with one attached hydrogen (secondary N) is 2. The number of benzene rings is 2. The molecule has 0 unspecified atom stereocenters. The van der Waals surface area contributed by atoms with E-state index in [1.165, 1.54) is 24.2 Å². The zero-order valence-corrected chi connectivity index (χ0v) is 18.7. The number of aromatic nitrogens is 2. The summed E-state index contributed by atoms with van der Waals surface area (Å²) in [6.45, 7) is 1.47. The monoisotopic (exact) mass is 476 g/mol. The predicted molar refractivity (Wildman–Crippen MR) is 119 cm³/mol. The third kappa shape index (κ3) is 5.04. The lowest BCUT2D eigenvalue weighted by Gasteiger charge is -2.28. The molecule has 1 saturated heterocycles. The Morgan fingerprint density at radius 2 is 2.00 bits per heavy atom. The summed E-state index contributed by atoms with van der Waals surface area (Å²) in [5.41, 5.74) is 1.36. The molecular weight excluding hydrogens is 456 g/mol. The van der Waals surface area contributed by atoms with Gasteiger partial charge in [0.25, 0.3) is 10.0 Å². The average molecular weight is 477 g/mol. The molecule has 11 heteroatoms. The van der Waals surface area contributed by atoms with Crippen molar-refractivity contribution in [1.82, 2.24) is 15.1 Å². The smallest absolute Gasteiger partial charge is 0.310 e. The van der Waals surface area contributed by atoms with Gasteiger partial charge >= 0.3 is 5.97 Å². The molecule has 3 aromatic rings. The van der Waals surface area contributed by atoms with Gasteiger partial charge in [-0.3, -0.25) is 9.52 Å². The number of ether oxygens (including phenoxy) is 2. The quantitative estimate of drug-likeness (QED) is 0.480. The number of sulfonamides is 1. The molecule has 0 radical (unpaired) electrons. The maximum atomic E-state index is 13.0. The van der Waals surface area contributed by atoms with E-state index in [-0.39, 0.29) is 23.1 Å². The highest BCUT2D eigenvalue weighted by Gasteiger charge is 2.22. The largest absolute Gasteiger partial charge is 0.488 e. The number of esters is 1. The van der Waals surface area contributed by atoms with Crippen molar-refractivity contribution in [1.29, 1.82) is 0 Å². The second-order valence-electron chi connectivity index (χ2n) is 7.17. The van der Waals surface area contributed by atoms with Gasteiger partial charge in [0.2, 0.25) is 0 Å². The SMILES string of the molecule is COC(=O)Cc1cc(OC2CNC2)ccc1NS(=O)(=O)c1cnn(-c2ccc(Cl)cc2)c1. The summed E-state index contributed by atoms with van der Waals surface area (Å²) >= 11 is 5.90. The topological polar surface area (TPSA) is 112 Å². The predicted octanol–water partition coefficient (Wildman–Crippen LogP) is 2.39. The van der Waals surface area contributed by atoms with Crippen LogP contribution >= 0.6 is 11.6 Å². The molecule has 1 fully saturated rings. The van der Waals surface area contributed by atoms with Gasteiger partial charge in [-0.05, 0) is 48.0 Å². The van der Waals surface area contributed by atoms with Gasteiger partial charge in [-0.25, -0.2) is 13.1 Å². The van der Waals surface area contributed by atoms with E-state index in [9.17, 15) is 13.2 Å². The fourth-order valence-electron chi connectivity index (χ4n) is 3.04. The molecule has 4 rings (SSSR count). The van der Waals surface area contributed by atoms with Crippen LogP contribution in [0.15, 0.2) is 59.8 Å². The van der Waals surface area contributed by atoms with Gasteiger partial charge in [0.05, 0.1) is 37.3 Å². The number of carbonyl (C=O) groups is 1. The third-order valence-corrected chi connectivity index (χ3v) is 6.46. The first-order valence-electron chi connectivity index (χ1n) is 9.74. The zero-order chi connectivity index (χ0) is 22.7. The van der Waals surface area contributed by atoms with Crippen molar-refractivity contribution in [2.75, 3.05) is 24.9 Å². The molecule has 2 N–H and O–H groups in total. The Balaban J connectivity index is 1.58. The zero-order valence-electron chi connectivity index (χ0n) is 17.1. The number of hydrogen-bond donors (Lipinski definition) is 2. The van der Waals surface area contributed by atoms with E-state index in [1.54, 1.807) is 42.5 Å². The molecule has 1 aliphatic heterocycles. The molecule has 9 nitrogen and oxygen atoms in total. The molecular formula is C21H21ClN4O5S. The first-order valence-corrected chi connectivity index (χ1v) is 11.6. The lowest BCUT2D eigenvalue weighted by Crippen LogP contribution is -2.50. The third-order valence-electron chi connectivity index (χ3n) is 4.89. The van der Waals surface area contributed by atoms with Crippen LogP contribution in [0.2, 0.25) is 5.02 Å². The van der Waals surface area contributed by atoms with Gasteiger partial charge in [0, 0.05) is 18.1 Å². The highest BCUT2D eigenvalue weighted by molar-refractivity contribution is 7.92. The van der Waals surface area contributed by atoms with Gasteiger partial charge in [-0.1, -0.05) is 11.6 Å². The molecule has 0 saturated carbocycles. The van der Waals surface area contributed by atoms with E-state index in [1.807, 2.05) is 0 Å². The number of methoxy groups -OCH3 is 1. The standard InChI is InChI=1S/C21H21ClN4O5S/c1-30-21(27)9-14-8-17(31-18-10-23-11-18)6-7-20(14)25-32(28,29)19-12-24-26(13-19)16-4-2-15(22)3-5-16/h2-8,12-13,18,23,25H,9-11H2,1H3. The van der Waals surface area contributed by atoms with Crippen molar-refractivity contribution in [3.63, 3.8) is 0 Å². The van der Waals surface area contributed by atoms with Crippen LogP contribution in [0.4, 0.5) is 5.69 Å². The maximum absolute atomic E-state index is 13.0. The fraction of sp³-hybridized carbons (Fsp3) is 0.238. The summed E-state index contributed by atoms with van der Waals surface area (Å²) in [6, 6.07) is 11.7. The van der Waals surface area contributed by atoms with Crippen LogP contribution in [0.1, 0.15) is 5.56 Å². The summed E-state index contributed by atoms with van der Waals surface area (Å²) in [7, 11) is -2.69. The molecule has 32 heavy (non-hydrogen) atoms. The van der Waals surface area contributed by atoms with Crippen molar-refractivity contribution >= 4 is 33.3 Å². The maximum Gasteiger partial charge on any atom is 0.310 e. The molecule has 2 aromatic carbocycles. The Morgan fingerprint density at radius 1 is 1.25 bits per heavy atom. The molecule has 2 heterocycles. The summed E-state index contributed by atoms with van der Waals surface area (Å²) in [5, 5.41) is 7.80. The molecule has 0 spiro atoms. The van der Waals surface area contributed by atoms with E-state index in [0.29, 0.717) is 22.0 Å². The van der Waals surface area contributed by atoms with Gasteiger partial charge in [0.1, 0.15) is 16.7 Å². The minimum atomic E-state index is -3.97. The number of hydrogen-bond acceptors (Lipinski definition) is 7. The number of nitrogens with zero attached hydrogens (tertiary/aromatic N) is 2. The number of carbonyl (C=O) groups excluding carboxylic acids is 1. The molecule has 168 valence electrons. The molecule has 1 aliphatic rings. The van der Waals surface area contributed by atoms with Crippen LogP contribution < -0.4 is 14.8 Å². The Hall–Kier alpha value is -3.08. The second kappa shape index (κ2) is 9.19. The first kappa shape index (κ1) is 22.1. The Morgan fingerprint density at radius 3 is 2.66 bits per heavy atom. The van der Waals surface area contributed by atoms with E-state index < -0.39 is 16.0 Å². The second-order valence-corrected chi connectivity index (χ2v) is 9.29. The van der Waals surface area contributed by atoms with E-state index in [2.05, 4.69) is 15.1 Å². The van der Waals surface area contributed by atoms with Crippen molar-refractivity contribution in [2.45, 2.75) is 17.4 Å². The van der Waals surface area contributed by atoms with E-state index in [0.717, 1.165) is 13.1 Å². The first-order chi connectivity index (χ1) is 15.3. The average Bonchev–Trinajstić information content (AvgIpc) is 3.24. The van der Waals surface area contributed by atoms with Crippen LogP contribution in [0.5, 0.6) is 5.75 Å². The summed E-state index contributed by atoms with van der Waals surface area (Å²) < 4.78 is 40.5. The van der Waals surface area contributed by atoms with Gasteiger partial charge in [-0.2, -0.15) is 5.10 Å². The summed E-state index contributed by atoms with van der Waals surface area (Å²) in [4.78, 5) is 11.9. The molecule has 0 atom stereocenters. The van der Waals surface area contributed by atoms with Crippen molar-refractivity contribution < 1.29 is 22.7 Å². The molecule has 0 aliphatic carbocycles. The fourth-order valence-corrected chi connectivity index (χ4v) is 4.20. The lowest BCUT2D eigenvalue weighted by molar-refractivity contribution is -0.139. The van der Waals surface area contributed by atoms with Gasteiger partial charge < -0.3 is 14.8 Å². The van der Waals surface area contributed by atoms with Crippen molar-refractivity contribution in [3.8, 4) is 11.4 Å². The lowest BCUT2D eigenvalue weighted by atomic mass is 10.1. The highest BCUT2D eigenvalue weighted by atomic mass is 35.5. The van der Waals surface area contributed by atoms with Crippen LogP contribution in [0.25, 0.3) is 5.69 Å². The summed E-state index contributed by atoms with van der Waals surface area (Å²) in [6.07, 6.45) is 2.57. The Kier molecular flexibility index (Phi) is 6.35. The number of rotatable bonds is 8. The summed E-state index contributed by atoms with van der Waals surface area (Å²) in [5.74, 6) is 0.0531. The van der Waals surface area contributed by atoms with Crippen molar-refractivity contribution in [2.24, 2.45) is 0 Å². The Labute approximate surface area is 190 Å². The van der Waals surface area contributed by atoms with Gasteiger partial charge in [-0.15, -0.1) is 0 Å². The minimum absolute atomic E-state index is 0.0302. The van der Waals surface area contributed by atoms with E-state index >= 15 is 0 Å². The Bertz CT molecular complexity index is 1220.